The van der Waals surface area contributed by atoms with E-state index in [1.165, 1.54) is 11.3 Å². The zero-order chi connectivity index (χ0) is 15.4. The lowest BCUT2D eigenvalue weighted by molar-refractivity contribution is -0.140. The van der Waals surface area contributed by atoms with E-state index < -0.39 is 23.9 Å². The monoisotopic (exact) mass is 308 g/mol. The van der Waals surface area contributed by atoms with Gasteiger partial charge in [-0.3, -0.25) is 9.59 Å². The lowest BCUT2D eigenvalue weighted by Crippen LogP contribution is -2.41. The highest BCUT2D eigenvalue weighted by Crippen LogP contribution is 2.19. The summed E-state index contributed by atoms with van der Waals surface area (Å²) in [7, 11) is 0. The molecule has 110 valence electrons. The van der Waals surface area contributed by atoms with Crippen molar-refractivity contribution in [3.63, 3.8) is 0 Å². The average Bonchev–Trinajstić information content (AvgIpc) is 2.89. The van der Waals surface area contributed by atoms with Gasteiger partial charge >= 0.3 is 11.9 Å². The van der Waals surface area contributed by atoms with Crippen molar-refractivity contribution in [2.24, 2.45) is 0 Å². The molecular weight excluding hydrogens is 296 g/mol. The minimum atomic E-state index is -1.26. The van der Waals surface area contributed by atoms with E-state index in [4.69, 9.17) is 10.2 Å². The third-order valence-corrected chi connectivity index (χ3v) is 3.64. The van der Waals surface area contributed by atoms with Crippen molar-refractivity contribution >= 4 is 39.4 Å². The average molecular weight is 308 g/mol. The first-order valence-corrected chi connectivity index (χ1v) is 6.94. The van der Waals surface area contributed by atoms with Crippen LogP contribution in [0, 0.1) is 0 Å². The second-order valence-electron chi connectivity index (χ2n) is 4.33. The Morgan fingerprint density at radius 2 is 2.05 bits per heavy atom. The number of carbonyl (C=O) groups excluding carboxylic acids is 1. The van der Waals surface area contributed by atoms with Crippen molar-refractivity contribution in [1.29, 1.82) is 0 Å². The van der Waals surface area contributed by atoms with Gasteiger partial charge in [0.05, 0.1) is 15.7 Å². The number of benzene rings is 1. The highest BCUT2D eigenvalue weighted by atomic mass is 32.1. The van der Waals surface area contributed by atoms with Gasteiger partial charge in [0.15, 0.2) is 0 Å². The van der Waals surface area contributed by atoms with E-state index in [-0.39, 0.29) is 12.8 Å². The van der Waals surface area contributed by atoms with Gasteiger partial charge in [0.25, 0.3) is 5.91 Å². The molecule has 1 heterocycles. The lowest BCUT2D eigenvalue weighted by atomic mass is 10.1. The number of nitrogens with one attached hydrogen (secondary N) is 1. The molecule has 2 rings (SSSR count). The molecule has 0 radical (unpaired) electrons. The molecule has 1 amide bonds. The Bertz CT molecular complexity index is 697. The first-order chi connectivity index (χ1) is 9.97. The molecule has 0 saturated heterocycles. The minimum Gasteiger partial charge on any atom is -0.481 e. The van der Waals surface area contributed by atoms with Gasteiger partial charge in [-0.2, -0.15) is 0 Å². The number of fused-ring (bicyclic) bond motifs is 1. The predicted octanol–water partition coefficient (Wildman–Crippen LogP) is 1.34. The number of hydrogen-bond donors (Lipinski definition) is 3. The van der Waals surface area contributed by atoms with Crippen LogP contribution in [0.25, 0.3) is 10.2 Å². The molecule has 2 aromatic rings. The van der Waals surface area contributed by atoms with Gasteiger partial charge in [0.1, 0.15) is 6.04 Å². The number of rotatable bonds is 6. The van der Waals surface area contributed by atoms with Gasteiger partial charge in [-0.05, 0) is 24.6 Å². The van der Waals surface area contributed by atoms with Crippen molar-refractivity contribution in [3.8, 4) is 0 Å². The van der Waals surface area contributed by atoms with E-state index in [9.17, 15) is 14.4 Å². The molecule has 0 saturated carbocycles. The summed E-state index contributed by atoms with van der Waals surface area (Å²) in [5.74, 6) is -2.92. The van der Waals surface area contributed by atoms with Crippen molar-refractivity contribution in [3.05, 3.63) is 29.3 Å². The van der Waals surface area contributed by atoms with E-state index in [0.29, 0.717) is 5.56 Å². The van der Waals surface area contributed by atoms with Crippen LogP contribution in [0.5, 0.6) is 0 Å². The van der Waals surface area contributed by atoms with E-state index in [1.807, 2.05) is 0 Å². The molecule has 1 atom stereocenters. The fourth-order valence-electron chi connectivity index (χ4n) is 1.76. The first kappa shape index (κ1) is 14.9. The number of carboxylic acids is 2. The molecule has 1 aromatic carbocycles. The molecule has 7 nitrogen and oxygen atoms in total. The van der Waals surface area contributed by atoms with Crippen LogP contribution in [-0.4, -0.2) is 39.1 Å². The molecule has 0 fully saturated rings. The van der Waals surface area contributed by atoms with Crippen LogP contribution in [-0.2, 0) is 9.59 Å². The van der Waals surface area contributed by atoms with Crippen LogP contribution in [0.15, 0.2) is 23.7 Å². The smallest absolute Gasteiger partial charge is 0.326 e. The maximum atomic E-state index is 12.0. The maximum absolute atomic E-state index is 12.0. The van der Waals surface area contributed by atoms with Crippen LogP contribution in [0.3, 0.4) is 0 Å². The molecule has 1 aromatic heterocycles. The van der Waals surface area contributed by atoms with Crippen LogP contribution < -0.4 is 5.32 Å². The fraction of sp³-hybridized carbons (Fsp3) is 0.231. The number of carbonyl (C=O) groups is 3. The number of carboxylic acid groups (broad SMARTS) is 2. The molecule has 0 spiro atoms. The Labute approximate surface area is 123 Å². The molecule has 3 N–H and O–H groups in total. The first-order valence-electron chi connectivity index (χ1n) is 6.06. The van der Waals surface area contributed by atoms with E-state index in [0.717, 1.165) is 10.2 Å². The summed E-state index contributed by atoms with van der Waals surface area (Å²) in [5, 5.41) is 19.9. The molecule has 21 heavy (non-hydrogen) atoms. The highest BCUT2D eigenvalue weighted by molar-refractivity contribution is 7.16. The van der Waals surface area contributed by atoms with Crippen molar-refractivity contribution in [2.75, 3.05) is 0 Å². The SMILES string of the molecule is O=C(O)CCC(NC(=O)c1ccc2ncsc2c1)C(=O)O. The zero-order valence-electron chi connectivity index (χ0n) is 10.8. The Hall–Kier alpha value is -2.48. The largest absolute Gasteiger partial charge is 0.481 e. The topological polar surface area (TPSA) is 117 Å². The number of nitrogens with zero attached hydrogens (tertiary/aromatic N) is 1. The summed E-state index contributed by atoms with van der Waals surface area (Å²) in [4.78, 5) is 37.6. The molecule has 0 bridgehead atoms. The van der Waals surface area contributed by atoms with Crippen LogP contribution in [0.2, 0.25) is 0 Å². The van der Waals surface area contributed by atoms with E-state index in [1.54, 1.807) is 23.7 Å². The Kier molecular flexibility index (Phi) is 4.49. The Balaban J connectivity index is 2.10. The van der Waals surface area contributed by atoms with Gasteiger partial charge in [0, 0.05) is 12.0 Å². The normalized spacial score (nSPS) is 12.0. The Morgan fingerprint density at radius 3 is 2.71 bits per heavy atom. The summed E-state index contributed by atoms with van der Waals surface area (Å²) in [6.07, 6.45) is -0.496. The summed E-state index contributed by atoms with van der Waals surface area (Å²) in [6.45, 7) is 0. The quantitative estimate of drug-likeness (QED) is 0.741. The molecule has 0 aliphatic carbocycles. The summed E-state index contributed by atoms with van der Waals surface area (Å²) >= 11 is 1.37. The zero-order valence-corrected chi connectivity index (χ0v) is 11.6. The minimum absolute atomic E-state index is 0.167. The second kappa shape index (κ2) is 6.31. The second-order valence-corrected chi connectivity index (χ2v) is 5.22. The standard InChI is InChI=1S/C13H12N2O5S/c16-11(17)4-3-9(13(19)20)15-12(18)7-1-2-8-10(5-7)21-6-14-8/h1-2,5-6,9H,3-4H2,(H,15,18)(H,16,17)(H,19,20). The summed E-state index contributed by atoms with van der Waals surface area (Å²) in [5.41, 5.74) is 2.73. The number of aliphatic carboxylic acids is 2. The molecule has 8 heteroatoms. The number of aromatic nitrogens is 1. The van der Waals surface area contributed by atoms with Crippen LogP contribution >= 0.6 is 11.3 Å². The molecule has 0 aliphatic rings. The van der Waals surface area contributed by atoms with Gasteiger partial charge in [-0.15, -0.1) is 11.3 Å². The van der Waals surface area contributed by atoms with Gasteiger partial charge in [0.2, 0.25) is 0 Å². The van der Waals surface area contributed by atoms with Crippen LogP contribution in [0.4, 0.5) is 0 Å². The summed E-state index contributed by atoms with van der Waals surface area (Å²) < 4.78 is 0.820. The van der Waals surface area contributed by atoms with E-state index >= 15 is 0 Å². The van der Waals surface area contributed by atoms with Gasteiger partial charge < -0.3 is 15.5 Å². The summed E-state index contributed by atoms with van der Waals surface area (Å²) in [6, 6.07) is 3.62. The van der Waals surface area contributed by atoms with Crippen molar-refractivity contribution in [2.45, 2.75) is 18.9 Å². The number of amides is 1. The van der Waals surface area contributed by atoms with Crippen molar-refractivity contribution < 1.29 is 24.6 Å². The van der Waals surface area contributed by atoms with E-state index in [2.05, 4.69) is 10.3 Å². The van der Waals surface area contributed by atoms with Crippen LogP contribution in [0.1, 0.15) is 23.2 Å². The number of thiazole rings is 1. The van der Waals surface area contributed by atoms with Gasteiger partial charge in [-0.1, -0.05) is 0 Å². The fourth-order valence-corrected chi connectivity index (χ4v) is 2.48. The maximum Gasteiger partial charge on any atom is 0.326 e. The van der Waals surface area contributed by atoms with Crippen molar-refractivity contribution in [1.82, 2.24) is 10.3 Å². The lowest BCUT2D eigenvalue weighted by Gasteiger charge is -2.13. The van der Waals surface area contributed by atoms with Gasteiger partial charge in [-0.25, -0.2) is 9.78 Å². The third kappa shape index (κ3) is 3.76. The third-order valence-electron chi connectivity index (χ3n) is 2.84. The molecular formula is C13H12N2O5S. The number of hydrogen-bond acceptors (Lipinski definition) is 5. The predicted molar refractivity (Wildman–Crippen MR) is 75.4 cm³/mol. The Morgan fingerprint density at radius 1 is 1.29 bits per heavy atom. The molecule has 1 unspecified atom stereocenters. The molecule has 0 aliphatic heterocycles. The highest BCUT2D eigenvalue weighted by Gasteiger charge is 2.21.